The molecule has 0 saturated carbocycles. The highest BCUT2D eigenvalue weighted by Gasteiger charge is 2.33. The highest BCUT2D eigenvalue weighted by Crippen LogP contribution is 2.38. The number of benzene rings is 1. The molecule has 1 N–H and O–H groups in total. The van der Waals surface area contributed by atoms with E-state index in [2.05, 4.69) is 15.4 Å². The third kappa shape index (κ3) is 2.92. The minimum absolute atomic E-state index is 0.00600. The third-order valence-corrected chi connectivity index (χ3v) is 5.18. The average Bonchev–Trinajstić information content (AvgIpc) is 3.36. The van der Waals surface area contributed by atoms with Gasteiger partial charge in [-0.3, -0.25) is 9.89 Å². The Hall–Kier alpha value is -2.89. The summed E-state index contributed by atoms with van der Waals surface area (Å²) in [7, 11) is 0. The Morgan fingerprint density at radius 3 is 2.85 bits per heavy atom. The van der Waals surface area contributed by atoms with Crippen molar-refractivity contribution in [2.75, 3.05) is 6.54 Å². The van der Waals surface area contributed by atoms with Crippen molar-refractivity contribution in [3.05, 3.63) is 59.0 Å². The number of H-pyrrole nitrogens is 1. The molecule has 0 radical (unpaired) electrons. The SMILES string of the molecule is Cc1noc(-c2cn[nH]c2[C@@H]2CCCN2C(=O)Cc2ccccc2)c1C. The second-order valence-electron chi connectivity index (χ2n) is 6.83. The van der Waals surface area contributed by atoms with Crippen LogP contribution in [0, 0.1) is 13.8 Å². The molecule has 134 valence electrons. The molecule has 4 rings (SSSR count). The second kappa shape index (κ2) is 6.78. The first-order chi connectivity index (χ1) is 12.6. The van der Waals surface area contributed by atoms with Gasteiger partial charge in [-0.05, 0) is 32.3 Å². The first-order valence-corrected chi connectivity index (χ1v) is 8.95. The van der Waals surface area contributed by atoms with Crippen LogP contribution < -0.4 is 0 Å². The number of aromatic amines is 1. The van der Waals surface area contributed by atoms with Crippen molar-refractivity contribution in [2.45, 2.75) is 39.2 Å². The summed E-state index contributed by atoms with van der Waals surface area (Å²) in [4.78, 5) is 14.9. The molecular formula is C20H22N4O2. The van der Waals surface area contributed by atoms with Crippen LogP contribution in [-0.4, -0.2) is 32.7 Å². The van der Waals surface area contributed by atoms with Crippen LogP contribution in [0.4, 0.5) is 0 Å². The number of nitrogens with zero attached hydrogens (tertiary/aromatic N) is 3. The van der Waals surface area contributed by atoms with Gasteiger partial charge in [0.05, 0.1) is 35.6 Å². The predicted molar refractivity (Wildman–Crippen MR) is 97.4 cm³/mol. The Labute approximate surface area is 152 Å². The molecule has 3 heterocycles. The van der Waals surface area contributed by atoms with E-state index in [1.165, 1.54) is 0 Å². The molecule has 1 fully saturated rings. The fourth-order valence-electron chi connectivity index (χ4n) is 3.63. The monoisotopic (exact) mass is 350 g/mol. The van der Waals surface area contributed by atoms with Gasteiger partial charge in [0, 0.05) is 12.1 Å². The summed E-state index contributed by atoms with van der Waals surface area (Å²) in [6.07, 6.45) is 4.08. The van der Waals surface area contributed by atoms with Gasteiger partial charge in [-0.2, -0.15) is 5.10 Å². The zero-order valence-corrected chi connectivity index (χ0v) is 15.0. The van der Waals surface area contributed by atoms with Crippen molar-refractivity contribution in [3.63, 3.8) is 0 Å². The van der Waals surface area contributed by atoms with Gasteiger partial charge in [0.1, 0.15) is 0 Å². The van der Waals surface area contributed by atoms with E-state index < -0.39 is 0 Å². The van der Waals surface area contributed by atoms with Crippen LogP contribution in [-0.2, 0) is 11.2 Å². The average molecular weight is 350 g/mol. The summed E-state index contributed by atoms with van der Waals surface area (Å²) in [5.41, 5.74) is 4.74. The zero-order chi connectivity index (χ0) is 18.1. The van der Waals surface area contributed by atoms with Gasteiger partial charge >= 0.3 is 0 Å². The van der Waals surface area contributed by atoms with E-state index in [0.29, 0.717) is 6.42 Å². The second-order valence-corrected chi connectivity index (χ2v) is 6.83. The molecule has 1 saturated heterocycles. The van der Waals surface area contributed by atoms with Crippen molar-refractivity contribution in [2.24, 2.45) is 0 Å². The van der Waals surface area contributed by atoms with Crippen molar-refractivity contribution in [1.82, 2.24) is 20.3 Å². The predicted octanol–water partition coefficient (Wildman–Crippen LogP) is 3.59. The summed E-state index contributed by atoms with van der Waals surface area (Å²) < 4.78 is 5.52. The van der Waals surface area contributed by atoms with E-state index in [1.807, 2.05) is 49.1 Å². The molecule has 6 nitrogen and oxygen atoms in total. The molecule has 2 aromatic heterocycles. The lowest BCUT2D eigenvalue weighted by Gasteiger charge is -2.24. The van der Waals surface area contributed by atoms with Crippen LogP contribution in [0.25, 0.3) is 11.3 Å². The van der Waals surface area contributed by atoms with Gasteiger partial charge < -0.3 is 9.42 Å². The molecule has 1 aromatic carbocycles. The van der Waals surface area contributed by atoms with Crippen LogP contribution in [0.15, 0.2) is 41.1 Å². The summed E-state index contributed by atoms with van der Waals surface area (Å²) in [5, 5.41) is 11.4. The number of carbonyl (C=O) groups is 1. The smallest absolute Gasteiger partial charge is 0.227 e. The van der Waals surface area contributed by atoms with Crippen LogP contribution in [0.2, 0.25) is 0 Å². The lowest BCUT2D eigenvalue weighted by molar-refractivity contribution is -0.131. The van der Waals surface area contributed by atoms with Gasteiger partial charge in [0.25, 0.3) is 0 Å². The Morgan fingerprint density at radius 1 is 1.31 bits per heavy atom. The lowest BCUT2D eigenvalue weighted by atomic mass is 10.0. The normalized spacial score (nSPS) is 17.0. The standard InChI is InChI=1S/C20H22N4O2/c1-13-14(2)23-26-20(13)16-12-21-22-19(16)17-9-6-10-24(17)18(25)11-15-7-4-3-5-8-15/h3-5,7-8,12,17H,6,9-11H2,1-2H3,(H,21,22)/t17-/m0/s1. The van der Waals surface area contributed by atoms with Crippen molar-refractivity contribution in [3.8, 4) is 11.3 Å². The number of nitrogens with one attached hydrogen (secondary N) is 1. The molecule has 6 heteroatoms. The number of carbonyl (C=O) groups excluding carboxylic acids is 1. The minimum Gasteiger partial charge on any atom is -0.356 e. The Kier molecular flexibility index (Phi) is 4.32. The van der Waals surface area contributed by atoms with Crippen LogP contribution in [0.1, 0.15) is 41.4 Å². The fraction of sp³-hybridized carbons (Fsp3) is 0.350. The Morgan fingerprint density at radius 2 is 2.12 bits per heavy atom. The molecule has 3 aromatic rings. The van der Waals surface area contributed by atoms with Crippen molar-refractivity contribution >= 4 is 5.91 Å². The summed E-state index contributed by atoms with van der Waals surface area (Å²) in [6.45, 7) is 4.68. The number of aryl methyl sites for hydroxylation is 1. The van der Waals surface area contributed by atoms with Crippen molar-refractivity contribution in [1.29, 1.82) is 0 Å². The maximum absolute atomic E-state index is 12.9. The molecule has 1 atom stereocenters. The molecule has 0 spiro atoms. The van der Waals surface area contributed by atoms with Gasteiger partial charge in [0.2, 0.25) is 5.91 Å². The molecule has 1 aliphatic rings. The quantitative estimate of drug-likeness (QED) is 0.780. The summed E-state index contributed by atoms with van der Waals surface area (Å²) >= 11 is 0. The minimum atomic E-state index is -0.00600. The van der Waals surface area contributed by atoms with E-state index in [0.717, 1.165) is 53.2 Å². The fourth-order valence-corrected chi connectivity index (χ4v) is 3.63. The molecular weight excluding hydrogens is 328 g/mol. The van der Waals surface area contributed by atoms with Crippen molar-refractivity contribution < 1.29 is 9.32 Å². The van der Waals surface area contributed by atoms with E-state index >= 15 is 0 Å². The molecule has 26 heavy (non-hydrogen) atoms. The highest BCUT2D eigenvalue weighted by molar-refractivity contribution is 5.80. The van der Waals surface area contributed by atoms with E-state index in [4.69, 9.17) is 4.52 Å². The maximum atomic E-state index is 12.9. The number of rotatable bonds is 4. The van der Waals surface area contributed by atoms with Gasteiger partial charge in [-0.25, -0.2) is 0 Å². The van der Waals surface area contributed by atoms with E-state index in [-0.39, 0.29) is 11.9 Å². The Balaban J connectivity index is 1.61. The van der Waals surface area contributed by atoms with Gasteiger partial charge in [0.15, 0.2) is 5.76 Å². The van der Waals surface area contributed by atoms with Gasteiger partial charge in [-0.15, -0.1) is 0 Å². The van der Waals surface area contributed by atoms with Gasteiger partial charge in [-0.1, -0.05) is 35.5 Å². The van der Waals surface area contributed by atoms with Crippen LogP contribution in [0.3, 0.4) is 0 Å². The Bertz CT molecular complexity index is 913. The number of aromatic nitrogens is 3. The van der Waals surface area contributed by atoms with Crippen LogP contribution >= 0.6 is 0 Å². The lowest BCUT2D eigenvalue weighted by Crippen LogP contribution is -2.32. The topological polar surface area (TPSA) is 75.0 Å². The number of amides is 1. The summed E-state index contributed by atoms with van der Waals surface area (Å²) in [6, 6.07) is 9.87. The zero-order valence-electron chi connectivity index (χ0n) is 15.0. The molecule has 0 bridgehead atoms. The molecule has 0 aliphatic carbocycles. The highest BCUT2D eigenvalue weighted by atomic mass is 16.5. The summed E-state index contributed by atoms with van der Waals surface area (Å²) in [5.74, 6) is 0.873. The maximum Gasteiger partial charge on any atom is 0.227 e. The molecule has 0 unspecified atom stereocenters. The molecule has 1 aliphatic heterocycles. The van der Waals surface area contributed by atoms with Crippen LogP contribution in [0.5, 0.6) is 0 Å². The third-order valence-electron chi connectivity index (χ3n) is 5.18. The number of hydrogen-bond donors (Lipinski definition) is 1. The van der Waals surface area contributed by atoms with E-state index in [9.17, 15) is 4.79 Å². The van der Waals surface area contributed by atoms with E-state index in [1.54, 1.807) is 6.20 Å². The molecule has 1 amide bonds. The first kappa shape index (κ1) is 16.6. The number of hydrogen-bond acceptors (Lipinski definition) is 4. The largest absolute Gasteiger partial charge is 0.356 e. The first-order valence-electron chi connectivity index (χ1n) is 8.95. The number of likely N-dealkylation sites (tertiary alicyclic amines) is 1.